The largest absolute Gasteiger partial charge is 0.456 e. The third-order valence-electron chi connectivity index (χ3n) is 2.06. The lowest BCUT2D eigenvalue weighted by molar-refractivity contribution is 0.480. The second kappa shape index (κ2) is 4.97. The number of nitrogens with one attached hydrogen (secondary N) is 1. The zero-order chi connectivity index (χ0) is 12.3. The zero-order valence-electron chi connectivity index (χ0n) is 8.85. The third-order valence-corrected chi connectivity index (χ3v) is 2.59. The Balaban J connectivity index is 2.13. The number of rotatable bonds is 3. The van der Waals surface area contributed by atoms with E-state index in [1.807, 2.05) is 24.3 Å². The molecule has 0 bridgehead atoms. The summed E-state index contributed by atoms with van der Waals surface area (Å²) in [5.41, 5.74) is 5.75. The molecule has 0 aliphatic heterocycles. The summed E-state index contributed by atoms with van der Waals surface area (Å²) in [6, 6.07) is 10.9. The number of hydrogen-bond acceptors (Lipinski definition) is 3. The molecule has 17 heavy (non-hydrogen) atoms. The maximum absolute atomic E-state index is 7.22. The average Bonchev–Trinajstić information content (AvgIpc) is 2.33. The Hall–Kier alpha value is -1.88. The molecule has 5 heteroatoms. The molecule has 1 aromatic carbocycles. The van der Waals surface area contributed by atoms with E-state index in [9.17, 15) is 0 Å². The highest BCUT2D eigenvalue weighted by Crippen LogP contribution is 2.22. The van der Waals surface area contributed by atoms with Crippen LogP contribution in [0.2, 0.25) is 0 Å². The highest BCUT2D eigenvalue weighted by molar-refractivity contribution is 9.10. The second-order valence-corrected chi connectivity index (χ2v) is 4.26. The topological polar surface area (TPSA) is 72.0 Å². The summed E-state index contributed by atoms with van der Waals surface area (Å²) < 4.78 is 6.57. The van der Waals surface area contributed by atoms with Gasteiger partial charge in [-0.25, -0.2) is 4.98 Å². The van der Waals surface area contributed by atoms with Crippen LogP contribution in [-0.4, -0.2) is 10.8 Å². The monoisotopic (exact) mass is 291 g/mol. The van der Waals surface area contributed by atoms with Gasteiger partial charge in [0, 0.05) is 4.47 Å². The maximum Gasteiger partial charge on any atom is 0.145 e. The summed E-state index contributed by atoms with van der Waals surface area (Å²) in [4.78, 5) is 4.01. The van der Waals surface area contributed by atoms with E-state index < -0.39 is 0 Å². The molecule has 86 valence electrons. The van der Waals surface area contributed by atoms with Crippen molar-refractivity contribution in [3.8, 4) is 11.5 Å². The van der Waals surface area contributed by atoms with Gasteiger partial charge in [-0.3, -0.25) is 5.41 Å². The van der Waals surface area contributed by atoms with Gasteiger partial charge < -0.3 is 10.5 Å². The molecular weight excluding hydrogens is 282 g/mol. The fourth-order valence-electron chi connectivity index (χ4n) is 1.24. The van der Waals surface area contributed by atoms with E-state index in [0.29, 0.717) is 11.4 Å². The van der Waals surface area contributed by atoms with Crippen LogP contribution in [0.15, 0.2) is 47.1 Å². The van der Waals surface area contributed by atoms with E-state index >= 15 is 0 Å². The molecule has 0 amide bonds. The number of aromatic nitrogens is 1. The third kappa shape index (κ3) is 3.04. The first-order valence-electron chi connectivity index (χ1n) is 4.89. The number of nitrogen functional groups attached to an aromatic ring is 1. The predicted octanol–water partition coefficient (Wildman–Crippen LogP) is 2.92. The lowest BCUT2D eigenvalue weighted by atomic mass is 10.3. The molecule has 0 spiro atoms. The Bertz CT molecular complexity index is 522. The normalized spacial score (nSPS) is 9.94. The molecule has 0 aliphatic rings. The lowest BCUT2D eigenvalue weighted by Gasteiger charge is -2.05. The highest BCUT2D eigenvalue weighted by Gasteiger charge is 2.00. The lowest BCUT2D eigenvalue weighted by Crippen LogP contribution is -2.12. The van der Waals surface area contributed by atoms with Gasteiger partial charge in [-0.1, -0.05) is 15.9 Å². The Morgan fingerprint density at radius 1 is 1.12 bits per heavy atom. The van der Waals surface area contributed by atoms with Crippen LogP contribution in [-0.2, 0) is 0 Å². The minimum Gasteiger partial charge on any atom is -0.456 e. The summed E-state index contributed by atoms with van der Waals surface area (Å²) >= 11 is 3.35. The van der Waals surface area contributed by atoms with E-state index in [0.717, 1.165) is 10.2 Å². The van der Waals surface area contributed by atoms with Crippen molar-refractivity contribution in [3.63, 3.8) is 0 Å². The highest BCUT2D eigenvalue weighted by atomic mass is 79.9. The smallest absolute Gasteiger partial charge is 0.145 e. The molecule has 0 aliphatic carbocycles. The minimum atomic E-state index is -0.0554. The second-order valence-electron chi connectivity index (χ2n) is 3.35. The molecule has 2 aromatic rings. The Morgan fingerprint density at radius 3 is 2.29 bits per heavy atom. The standard InChI is InChI=1S/C12H10BrN3O/c13-8-1-3-9(4-2-8)17-10-5-6-11(12(14)15)16-7-10/h1-7H,(H3,14,15). The Morgan fingerprint density at radius 2 is 1.76 bits per heavy atom. The van der Waals surface area contributed by atoms with Crippen molar-refractivity contribution in [3.05, 3.63) is 52.8 Å². The van der Waals surface area contributed by atoms with Crippen LogP contribution in [0.3, 0.4) is 0 Å². The van der Waals surface area contributed by atoms with Crippen LogP contribution >= 0.6 is 15.9 Å². The molecule has 1 aromatic heterocycles. The van der Waals surface area contributed by atoms with Gasteiger partial charge in [0.05, 0.1) is 6.20 Å². The Kier molecular flexibility index (Phi) is 3.39. The van der Waals surface area contributed by atoms with Crippen molar-refractivity contribution in [1.82, 2.24) is 4.98 Å². The number of halogens is 1. The average molecular weight is 292 g/mol. The summed E-state index contributed by atoms with van der Waals surface area (Å²) in [5, 5.41) is 7.22. The van der Waals surface area contributed by atoms with Gasteiger partial charge in [0.15, 0.2) is 0 Å². The van der Waals surface area contributed by atoms with Gasteiger partial charge in [-0.15, -0.1) is 0 Å². The molecule has 1 heterocycles. The van der Waals surface area contributed by atoms with Crippen LogP contribution in [0.25, 0.3) is 0 Å². The molecule has 0 saturated heterocycles. The number of hydrogen-bond donors (Lipinski definition) is 2. The van der Waals surface area contributed by atoms with Gasteiger partial charge in [-0.05, 0) is 36.4 Å². The van der Waals surface area contributed by atoms with E-state index in [4.69, 9.17) is 15.9 Å². The summed E-state index contributed by atoms with van der Waals surface area (Å²) in [6.07, 6.45) is 1.54. The first kappa shape index (κ1) is 11.6. The van der Waals surface area contributed by atoms with Crippen LogP contribution in [0.4, 0.5) is 0 Å². The van der Waals surface area contributed by atoms with E-state index in [2.05, 4.69) is 20.9 Å². The fraction of sp³-hybridized carbons (Fsp3) is 0. The van der Waals surface area contributed by atoms with Gasteiger partial charge in [-0.2, -0.15) is 0 Å². The summed E-state index contributed by atoms with van der Waals surface area (Å²) in [6.45, 7) is 0. The quantitative estimate of drug-likeness (QED) is 0.675. The van der Waals surface area contributed by atoms with Gasteiger partial charge >= 0.3 is 0 Å². The SMILES string of the molecule is N=C(N)c1ccc(Oc2ccc(Br)cc2)cn1. The molecular formula is C12H10BrN3O. The van der Waals surface area contributed by atoms with Crippen molar-refractivity contribution in [1.29, 1.82) is 5.41 Å². The number of pyridine rings is 1. The minimum absolute atomic E-state index is 0.0554. The zero-order valence-corrected chi connectivity index (χ0v) is 10.4. The molecule has 3 N–H and O–H groups in total. The number of nitrogens with two attached hydrogens (primary N) is 1. The predicted molar refractivity (Wildman–Crippen MR) is 69.5 cm³/mol. The molecule has 4 nitrogen and oxygen atoms in total. The maximum atomic E-state index is 7.22. The molecule has 0 atom stereocenters. The van der Waals surface area contributed by atoms with Crippen molar-refractivity contribution in [2.45, 2.75) is 0 Å². The molecule has 0 fully saturated rings. The van der Waals surface area contributed by atoms with Gasteiger partial charge in [0.2, 0.25) is 0 Å². The first-order valence-corrected chi connectivity index (χ1v) is 5.68. The Labute approximate surface area is 107 Å². The molecule has 2 rings (SSSR count). The van der Waals surface area contributed by atoms with Crippen molar-refractivity contribution >= 4 is 21.8 Å². The van der Waals surface area contributed by atoms with Crippen LogP contribution < -0.4 is 10.5 Å². The van der Waals surface area contributed by atoms with Crippen LogP contribution in [0, 0.1) is 5.41 Å². The van der Waals surface area contributed by atoms with Crippen LogP contribution in [0.1, 0.15) is 5.69 Å². The van der Waals surface area contributed by atoms with Crippen LogP contribution in [0.5, 0.6) is 11.5 Å². The summed E-state index contributed by atoms with van der Waals surface area (Å²) in [7, 11) is 0. The molecule has 0 radical (unpaired) electrons. The van der Waals surface area contributed by atoms with E-state index in [1.54, 1.807) is 18.3 Å². The van der Waals surface area contributed by atoms with E-state index in [-0.39, 0.29) is 5.84 Å². The number of ether oxygens (including phenoxy) is 1. The van der Waals surface area contributed by atoms with Gasteiger partial charge in [0.1, 0.15) is 23.0 Å². The van der Waals surface area contributed by atoms with Gasteiger partial charge in [0.25, 0.3) is 0 Å². The number of amidine groups is 1. The van der Waals surface area contributed by atoms with E-state index in [1.165, 1.54) is 0 Å². The molecule has 0 saturated carbocycles. The number of benzene rings is 1. The van der Waals surface area contributed by atoms with Crippen molar-refractivity contribution < 1.29 is 4.74 Å². The van der Waals surface area contributed by atoms with Crippen molar-refractivity contribution in [2.24, 2.45) is 5.73 Å². The molecule has 0 unspecified atom stereocenters. The van der Waals surface area contributed by atoms with Crippen molar-refractivity contribution in [2.75, 3.05) is 0 Å². The first-order chi connectivity index (χ1) is 8.15. The number of nitrogens with zero attached hydrogens (tertiary/aromatic N) is 1. The fourth-order valence-corrected chi connectivity index (χ4v) is 1.50. The summed E-state index contributed by atoms with van der Waals surface area (Å²) in [5.74, 6) is 1.28.